The molecule has 8 nitrogen and oxygen atoms in total. The first kappa shape index (κ1) is 30.3. The SMILES string of the molecule is Cc1ccc(C(=O)Oc2ccc(C(=O)COC(=O)CN3C(=O)C4C(C3=O)C3(Br)c5ccccc5C4(Br)c4ccccc43)cc2)cc1. The third-order valence-corrected chi connectivity index (χ3v) is 11.7. The number of likely N-dealkylation sites (tertiary alicyclic amines) is 1. The van der Waals surface area contributed by atoms with E-state index in [1.807, 2.05) is 55.5 Å². The highest BCUT2D eigenvalue weighted by Crippen LogP contribution is 2.70. The van der Waals surface area contributed by atoms with Crippen LogP contribution in [-0.2, 0) is 27.8 Å². The van der Waals surface area contributed by atoms with Crippen molar-refractivity contribution < 1.29 is 33.4 Å². The maximum Gasteiger partial charge on any atom is 0.343 e. The van der Waals surface area contributed by atoms with Gasteiger partial charge >= 0.3 is 11.9 Å². The molecule has 1 saturated heterocycles. The van der Waals surface area contributed by atoms with Gasteiger partial charge in [0.15, 0.2) is 12.4 Å². The summed E-state index contributed by atoms with van der Waals surface area (Å²) in [6, 6.07) is 28.2. The second-order valence-corrected chi connectivity index (χ2v) is 14.1. The van der Waals surface area contributed by atoms with Crippen LogP contribution in [0.5, 0.6) is 5.75 Å². The average molecular weight is 743 g/mol. The van der Waals surface area contributed by atoms with Crippen molar-refractivity contribution in [2.45, 2.75) is 15.6 Å². The second-order valence-electron chi connectivity index (χ2n) is 11.6. The fraction of sp³-hybridized carbons (Fsp3) is 0.194. The van der Waals surface area contributed by atoms with E-state index in [0.29, 0.717) is 5.56 Å². The van der Waals surface area contributed by atoms with Gasteiger partial charge in [0.25, 0.3) is 0 Å². The van der Waals surface area contributed by atoms with Gasteiger partial charge in [0.2, 0.25) is 11.8 Å². The van der Waals surface area contributed by atoms with Gasteiger partial charge in [-0.3, -0.25) is 24.1 Å². The van der Waals surface area contributed by atoms with Crippen molar-refractivity contribution in [2.24, 2.45) is 11.8 Å². The monoisotopic (exact) mass is 741 g/mol. The number of carbonyl (C=O) groups excluding carboxylic acids is 5. The van der Waals surface area contributed by atoms with Gasteiger partial charge in [-0.15, -0.1) is 0 Å². The summed E-state index contributed by atoms with van der Waals surface area (Å²) >= 11 is 7.84. The summed E-state index contributed by atoms with van der Waals surface area (Å²) < 4.78 is 8.66. The van der Waals surface area contributed by atoms with Crippen molar-refractivity contribution in [1.82, 2.24) is 4.90 Å². The topological polar surface area (TPSA) is 107 Å². The van der Waals surface area contributed by atoms with Crippen LogP contribution in [0.1, 0.15) is 48.5 Å². The van der Waals surface area contributed by atoms with Crippen molar-refractivity contribution in [3.63, 3.8) is 0 Å². The minimum atomic E-state index is -0.970. The molecule has 2 unspecified atom stereocenters. The summed E-state index contributed by atoms with van der Waals surface area (Å²) in [6.45, 7) is 0.703. The van der Waals surface area contributed by atoms with E-state index in [2.05, 4.69) is 31.9 Å². The lowest BCUT2D eigenvalue weighted by atomic mass is 9.54. The predicted octanol–water partition coefficient (Wildman–Crippen LogP) is 5.85. The van der Waals surface area contributed by atoms with Crippen LogP contribution < -0.4 is 4.74 Å². The lowest BCUT2D eigenvalue weighted by molar-refractivity contribution is -0.152. The molecule has 1 fully saturated rings. The first-order chi connectivity index (χ1) is 22.0. The van der Waals surface area contributed by atoms with Gasteiger partial charge in [0.1, 0.15) is 12.3 Å². The molecule has 230 valence electrons. The van der Waals surface area contributed by atoms with Gasteiger partial charge in [-0.2, -0.15) is 0 Å². The zero-order chi connectivity index (χ0) is 32.4. The minimum absolute atomic E-state index is 0.233. The first-order valence-electron chi connectivity index (χ1n) is 14.6. The number of alkyl halides is 2. The second kappa shape index (κ2) is 11.1. The van der Waals surface area contributed by atoms with Crippen molar-refractivity contribution in [3.8, 4) is 5.75 Å². The molecule has 0 radical (unpaired) electrons. The maximum atomic E-state index is 14.0. The van der Waals surface area contributed by atoms with Crippen LogP contribution in [0.15, 0.2) is 97.1 Å². The molecule has 46 heavy (non-hydrogen) atoms. The molecule has 0 spiro atoms. The Balaban J connectivity index is 1.03. The molecule has 2 amide bonds. The van der Waals surface area contributed by atoms with Gasteiger partial charge in [0, 0.05) is 5.56 Å². The van der Waals surface area contributed by atoms with Gasteiger partial charge in [-0.25, -0.2) is 4.79 Å². The number of benzene rings is 4. The van der Waals surface area contributed by atoms with Crippen LogP contribution in [0.4, 0.5) is 0 Å². The van der Waals surface area contributed by atoms with Gasteiger partial charge in [0.05, 0.1) is 26.0 Å². The summed E-state index contributed by atoms with van der Waals surface area (Å²) in [5.41, 5.74) is 5.19. The van der Waals surface area contributed by atoms with Crippen LogP contribution in [-0.4, -0.2) is 47.6 Å². The molecule has 1 aliphatic heterocycles. The van der Waals surface area contributed by atoms with Crippen LogP contribution in [0.2, 0.25) is 0 Å². The molecule has 4 aromatic carbocycles. The number of aryl methyl sites for hydroxylation is 1. The van der Waals surface area contributed by atoms with Crippen LogP contribution in [0.25, 0.3) is 0 Å². The van der Waals surface area contributed by atoms with Crippen LogP contribution >= 0.6 is 31.9 Å². The van der Waals surface area contributed by atoms with Gasteiger partial charge in [-0.1, -0.05) is 98.1 Å². The molecule has 4 aliphatic rings. The summed E-state index contributed by atoms with van der Waals surface area (Å²) in [6.07, 6.45) is 0. The molecule has 3 aliphatic carbocycles. The third kappa shape index (κ3) is 4.49. The van der Waals surface area contributed by atoms with Crippen molar-refractivity contribution in [3.05, 3.63) is 136 Å². The van der Waals surface area contributed by atoms with E-state index in [-0.39, 0.29) is 11.3 Å². The van der Waals surface area contributed by atoms with Gasteiger partial charge < -0.3 is 9.47 Å². The maximum absolute atomic E-state index is 14.0. The van der Waals surface area contributed by atoms with E-state index in [0.717, 1.165) is 32.7 Å². The summed E-state index contributed by atoms with van der Waals surface area (Å²) in [5.74, 6) is -4.26. The molecule has 2 bridgehead atoms. The molecule has 10 heteroatoms. The molecular weight excluding hydrogens is 718 g/mol. The quantitative estimate of drug-likeness (QED) is 0.0770. The van der Waals surface area contributed by atoms with E-state index < -0.39 is 63.2 Å². The molecular formula is C36H25Br2NO7. The Morgan fingerprint density at radius 1 is 0.696 bits per heavy atom. The molecule has 0 aromatic heterocycles. The predicted molar refractivity (Wildman–Crippen MR) is 174 cm³/mol. The van der Waals surface area contributed by atoms with Crippen LogP contribution in [0.3, 0.4) is 0 Å². The summed E-state index contributed by atoms with van der Waals surface area (Å²) in [4.78, 5) is 67.0. The fourth-order valence-corrected chi connectivity index (χ4v) is 9.15. The number of amides is 2. The van der Waals surface area contributed by atoms with E-state index in [1.54, 1.807) is 24.3 Å². The summed E-state index contributed by atoms with van der Waals surface area (Å²) in [7, 11) is 0. The number of hydrogen-bond acceptors (Lipinski definition) is 7. The zero-order valence-electron chi connectivity index (χ0n) is 24.4. The van der Waals surface area contributed by atoms with Gasteiger partial charge in [-0.05, 0) is 65.6 Å². The number of ketones is 1. The van der Waals surface area contributed by atoms with E-state index in [1.165, 1.54) is 24.3 Å². The summed E-state index contributed by atoms with van der Waals surface area (Å²) in [5, 5.41) is 0. The molecule has 8 rings (SSSR count). The Hall–Kier alpha value is -4.41. The standard InChI is InChI=1S/C36H25Br2NO7/c1-20-10-12-22(13-11-20)34(44)46-23-16-14-21(15-17-23)28(40)19-45-29(41)18-39-32(42)30-31(33(39)43)36(38)25-7-3-2-6-24(25)35(30,37)26-8-4-5-9-27(26)36/h2-17,30-31H,18-19H2,1H3. The van der Waals surface area contributed by atoms with E-state index in [4.69, 9.17) is 9.47 Å². The number of Topliss-reactive ketones (excluding diaryl/α,β-unsaturated/α-hetero) is 1. The zero-order valence-corrected chi connectivity index (χ0v) is 27.5. The van der Waals surface area contributed by atoms with Crippen LogP contribution in [0, 0.1) is 18.8 Å². The Bertz CT molecular complexity index is 1830. The largest absolute Gasteiger partial charge is 0.456 e. The molecule has 0 saturated carbocycles. The Morgan fingerprint density at radius 2 is 1.15 bits per heavy atom. The van der Waals surface area contributed by atoms with E-state index >= 15 is 0 Å². The Labute approximate surface area is 280 Å². The number of nitrogens with zero attached hydrogens (tertiary/aromatic N) is 1. The molecule has 2 atom stereocenters. The highest BCUT2D eigenvalue weighted by molar-refractivity contribution is 9.10. The fourth-order valence-electron chi connectivity index (χ4n) is 6.85. The minimum Gasteiger partial charge on any atom is -0.456 e. The highest BCUT2D eigenvalue weighted by Gasteiger charge is 2.72. The normalized spacial score (nSPS) is 23.8. The number of carbonyl (C=O) groups is 5. The Morgan fingerprint density at radius 3 is 1.63 bits per heavy atom. The smallest absolute Gasteiger partial charge is 0.343 e. The molecule has 1 heterocycles. The van der Waals surface area contributed by atoms with Crippen molar-refractivity contribution in [2.75, 3.05) is 13.2 Å². The number of rotatable bonds is 7. The number of imide groups is 1. The molecule has 0 N–H and O–H groups in total. The number of halogens is 2. The lowest BCUT2D eigenvalue weighted by Gasteiger charge is -2.55. The lowest BCUT2D eigenvalue weighted by Crippen LogP contribution is -2.56. The number of hydrogen-bond donors (Lipinski definition) is 0. The first-order valence-corrected chi connectivity index (χ1v) is 16.1. The average Bonchev–Trinajstić information content (AvgIpc) is 3.32. The highest BCUT2D eigenvalue weighted by atomic mass is 79.9. The van der Waals surface area contributed by atoms with Crippen molar-refractivity contribution >= 4 is 61.4 Å². The third-order valence-electron chi connectivity index (χ3n) is 9.00. The Kier molecular flexibility index (Phi) is 7.32. The molecule has 4 aromatic rings. The van der Waals surface area contributed by atoms with Crippen molar-refractivity contribution in [1.29, 1.82) is 0 Å². The number of esters is 2. The van der Waals surface area contributed by atoms with E-state index in [9.17, 15) is 24.0 Å². The number of ether oxygens (including phenoxy) is 2.